The lowest BCUT2D eigenvalue weighted by Crippen LogP contribution is -2.17. The van der Waals surface area contributed by atoms with Gasteiger partial charge in [-0.3, -0.25) is 8.93 Å². The van der Waals surface area contributed by atoms with Gasteiger partial charge in [-0.1, -0.05) is 24.3 Å². The van der Waals surface area contributed by atoms with Crippen LogP contribution in [0.1, 0.15) is 12.0 Å². The van der Waals surface area contributed by atoms with Crippen molar-refractivity contribution in [3.8, 4) is 0 Å². The normalized spacial score (nSPS) is 12.9. The maximum Gasteiger partial charge on any atom is 0.233 e. The second-order valence-electron chi connectivity index (χ2n) is 3.87. The average Bonchev–Trinajstić information content (AvgIpc) is 2.28. The van der Waals surface area contributed by atoms with Crippen molar-refractivity contribution in [3.63, 3.8) is 0 Å². The molecule has 4 nitrogen and oxygen atoms in total. The molecule has 0 aliphatic carbocycles. The van der Waals surface area contributed by atoms with E-state index >= 15 is 0 Å². The average molecular weight is 287 g/mol. The van der Waals surface area contributed by atoms with Crippen molar-refractivity contribution >= 4 is 26.5 Å². The summed E-state index contributed by atoms with van der Waals surface area (Å²) in [5, 5.41) is 0. The zero-order chi connectivity index (χ0) is 13.6. The molecule has 0 amide bonds. The van der Waals surface area contributed by atoms with Gasteiger partial charge in [-0.25, -0.2) is 8.42 Å². The van der Waals surface area contributed by atoms with Crippen molar-refractivity contribution in [1.82, 2.24) is 0 Å². The molecule has 6 heteroatoms. The van der Waals surface area contributed by atoms with E-state index in [0.29, 0.717) is 17.9 Å². The number of hydrogen-bond acceptors (Lipinski definition) is 3. The van der Waals surface area contributed by atoms with Crippen LogP contribution in [0.4, 0.5) is 5.69 Å². The SMILES string of the molecule is C=CCCS(=O)(=O)Nc1ccccc1C[S@@](C)=O. The molecule has 1 atom stereocenters. The van der Waals surface area contributed by atoms with Gasteiger partial charge in [-0.05, 0) is 18.1 Å². The van der Waals surface area contributed by atoms with Crippen LogP contribution >= 0.6 is 0 Å². The lowest BCUT2D eigenvalue weighted by molar-refractivity contribution is 0.601. The molecule has 0 aliphatic rings. The molecule has 0 unspecified atom stereocenters. The van der Waals surface area contributed by atoms with Gasteiger partial charge < -0.3 is 0 Å². The summed E-state index contributed by atoms with van der Waals surface area (Å²) in [6.45, 7) is 3.50. The van der Waals surface area contributed by atoms with E-state index < -0.39 is 20.8 Å². The first kappa shape index (κ1) is 14.9. The Morgan fingerprint density at radius 1 is 1.39 bits per heavy atom. The molecule has 100 valence electrons. The third-order valence-electron chi connectivity index (χ3n) is 2.23. The first-order valence-electron chi connectivity index (χ1n) is 5.44. The molecular formula is C12H17NO3S2. The van der Waals surface area contributed by atoms with E-state index in [1.165, 1.54) is 0 Å². The molecule has 0 aliphatic heterocycles. The van der Waals surface area contributed by atoms with Crippen LogP contribution in [-0.2, 0) is 26.6 Å². The van der Waals surface area contributed by atoms with Gasteiger partial charge in [-0.2, -0.15) is 0 Å². The summed E-state index contributed by atoms with van der Waals surface area (Å²) in [6, 6.07) is 6.98. The molecule has 0 heterocycles. The fourth-order valence-electron chi connectivity index (χ4n) is 1.42. The second-order valence-corrected chi connectivity index (χ2v) is 7.15. The smallest absolute Gasteiger partial charge is 0.233 e. The van der Waals surface area contributed by atoms with Crippen LogP contribution < -0.4 is 4.72 Å². The van der Waals surface area contributed by atoms with Crippen LogP contribution in [0.3, 0.4) is 0 Å². The van der Waals surface area contributed by atoms with Crippen molar-refractivity contribution in [1.29, 1.82) is 0 Å². The zero-order valence-electron chi connectivity index (χ0n) is 10.3. The maximum atomic E-state index is 11.8. The van der Waals surface area contributed by atoms with Gasteiger partial charge in [-0.15, -0.1) is 6.58 Å². The lowest BCUT2D eigenvalue weighted by atomic mass is 10.2. The molecule has 0 saturated heterocycles. The second kappa shape index (κ2) is 6.70. The minimum Gasteiger partial charge on any atom is -0.283 e. The Labute approximate surface area is 111 Å². The summed E-state index contributed by atoms with van der Waals surface area (Å²) < 4.78 is 37.3. The summed E-state index contributed by atoms with van der Waals surface area (Å²) in [5.41, 5.74) is 1.23. The highest BCUT2D eigenvalue weighted by Gasteiger charge is 2.12. The number of sulfonamides is 1. The quantitative estimate of drug-likeness (QED) is 0.779. The highest BCUT2D eigenvalue weighted by molar-refractivity contribution is 7.92. The van der Waals surface area contributed by atoms with Crippen LogP contribution in [-0.4, -0.2) is 24.6 Å². The Morgan fingerprint density at radius 2 is 2.06 bits per heavy atom. The summed E-state index contributed by atoms with van der Waals surface area (Å²) in [7, 11) is -4.39. The topological polar surface area (TPSA) is 63.2 Å². The van der Waals surface area contributed by atoms with Gasteiger partial charge in [0.05, 0.1) is 17.2 Å². The Balaban J connectivity index is 2.90. The molecule has 0 saturated carbocycles. The fourth-order valence-corrected chi connectivity index (χ4v) is 3.22. The van der Waals surface area contributed by atoms with E-state index in [9.17, 15) is 12.6 Å². The van der Waals surface area contributed by atoms with Crippen LogP contribution in [0.25, 0.3) is 0 Å². The van der Waals surface area contributed by atoms with E-state index in [2.05, 4.69) is 11.3 Å². The third-order valence-corrected chi connectivity index (χ3v) is 4.25. The monoisotopic (exact) mass is 287 g/mol. The van der Waals surface area contributed by atoms with Crippen molar-refractivity contribution in [3.05, 3.63) is 42.5 Å². The number of nitrogens with one attached hydrogen (secondary N) is 1. The van der Waals surface area contributed by atoms with Crippen LogP contribution in [0, 0.1) is 0 Å². The minimum atomic E-state index is -3.38. The van der Waals surface area contributed by atoms with Gasteiger partial charge in [0.25, 0.3) is 0 Å². The largest absolute Gasteiger partial charge is 0.283 e. The van der Waals surface area contributed by atoms with E-state index in [1.54, 1.807) is 36.6 Å². The standard InChI is InChI=1S/C12H17NO3S2/c1-3-4-9-18(15,16)13-12-8-6-5-7-11(12)10-17(2)14/h3,5-8,13H,1,4,9-10H2,2H3/t17-/m1/s1. The lowest BCUT2D eigenvalue weighted by Gasteiger charge is -2.11. The Hall–Kier alpha value is -1.14. The molecule has 18 heavy (non-hydrogen) atoms. The first-order chi connectivity index (χ1) is 8.44. The number of rotatable bonds is 7. The van der Waals surface area contributed by atoms with Crippen LogP contribution in [0.5, 0.6) is 0 Å². The summed E-state index contributed by atoms with van der Waals surface area (Å²) in [4.78, 5) is 0. The predicted octanol–water partition coefficient (Wildman–Crippen LogP) is 1.88. The third kappa shape index (κ3) is 5.01. The number of anilines is 1. The van der Waals surface area contributed by atoms with E-state index in [-0.39, 0.29) is 5.75 Å². The number of para-hydroxylation sites is 1. The van der Waals surface area contributed by atoms with E-state index in [1.807, 2.05) is 0 Å². The molecule has 1 aromatic rings. The van der Waals surface area contributed by atoms with Gasteiger partial charge in [0.2, 0.25) is 10.0 Å². The number of hydrogen-bond donors (Lipinski definition) is 1. The molecular weight excluding hydrogens is 270 g/mol. The molecule has 0 spiro atoms. The maximum absolute atomic E-state index is 11.8. The van der Waals surface area contributed by atoms with Crippen LogP contribution in [0.2, 0.25) is 0 Å². The van der Waals surface area contributed by atoms with Gasteiger partial charge in [0.1, 0.15) is 0 Å². The molecule has 0 bridgehead atoms. The molecule has 0 fully saturated rings. The van der Waals surface area contributed by atoms with Gasteiger partial charge in [0.15, 0.2) is 0 Å². The molecule has 0 radical (unpaired) electrons. The highest BCUT2D eigenvalue weighted by atomic mass is 32.2. The van der Waals surface area contributed by atoms with Crippen molar-refractivity contribution in [2.75, 3.05) is 16.7 Å². The van der Waals surface area contributed by atoms with Gasteiger partial charge in [0, 0.05) is 17.1 Å². The molecule has 0 aromatic heterocycles. The van der Waals surface area contributed by atoms with E-state index in [4.69, 9.17) is 0 Å². The highest BCUT2D eigenvalue weighted by Crippen LogP contribution is 2.18. The summed E-state index contributed by atoms with van der Waals surface area (Å²) >= 11 is 0. The van der Waals surface area contributed by atoms with Crippen LogP contribution in [0.15, 0.2) is 36.9 Å². The fraction of sp³-hybridized carbons (Fsp3) is 0.333. The molecule has 1 aromatic carbocycles. The molecule has 1 rings (SSSR count). The Kier molecular flexibility index (Phi) is 5.55. The predicted molar refractivity (Wildman–Crippen MR) is 76.4 cm³/mol. The van der Waals surface area contributed by atoms with Crippen molar-refractivity contribution in [2.45, 2.75) is 12.2 Å². The van der Waals surface area contributed by atoms with Gasteiger partial charge >= 0.3 is 0 Å². The summed E-state index contributed by atoms with van der Waals surface area (Å²) in [5.74, 6) is 0.334. The van der Waals surface area contributed by atoms with E-state index in [0.717, 1.165) is 5.56 Å². The number of benzene rings is 1. The van der Waals surface area contributed by atoms with Crippen molar-refractivity contribution < 1.29 is 12.6 Å². The zero-order valence-corrected chi connectivity index (χ0v) is 11.9. The Morgan fingerprint density at radius 3 is 2.67 bits per heavy atom. The minimum absolute atomic E-state index is 0.0000482. The van der Waals surface area contributed by atoms with Crippen molar-refractivity contribution in [2.24, 2.45) is 0 Å². The number of allylic oxidation sites excluding steroid dienone is 1. The molecule has 1 N–H and O–H groups in total. The Bertz CT molecular complexity index is 538. The summed E-state index contributed by atoms with van der Waals surface area (Å²) in [6.07, 6.45) is 3.55. The first-order valence-corrected chi connectivity index (χ1v) is 8.82.